The molecule has 22 heavy (non-hydrogen) atoms. The molecule has 0 saturated heterocycles. The van der Waals surface area contributed by atoms with E-state index in [1.54, 1.807) is 7.11 Å². The maximum absolute atomic E-state index is 12.0. The Morgan fingerprint density at radius 3 is 2.73 bits per heavy atom. The number of hydrogen-bond acceptors (Lipinski definition) is 3. The number of benzene rings is 2. The first-order valence-corrected chi connectivity index (χ1v) is 7.31. The van der Waals surface area contributed by atoms with Crippen molar-refractivity contribution < 1.29 is 14.3 Å². The van der Waals surface area contributed by atoms with E-state index in [2.05, 4.69) is 12.2 Å². The first kappa shape index (κ1) is 16.0. The third kappa shape index (κ3) is 4.60. The van der Waals surface area contributed by atoms with Gasteiger partial charge in [-0.25, -0.2) is 0 Å². The lowest BCUT2D eigenvalue weighted by Crippen LogP contribution is -2.20. The van der Waals surface area contributed by atoms with E-state index in [-0.39, 0.29) is 12.5 Å². The van der Waals surface area contributed by atoms with Crippen LogP contribution in [0.2, 0.25) is 0 Å². The maximum Gasteiger partial charge on any atom is 0.262 e. The number of ether oxygens (including phenoxy) is 2. The van der Waals surface area contributed by atoms with Gasteiger partial charge >= 0.3 is 0 Å². The molecule has 116 valence electrons. The molecule has 2 aromatic rings. The number of carbonyl (C=O) groups excluding carboxylic acids is 1. The number of anilines is 1. The summed E-state index contributed by atoms with van der Waals surface area (Å²) in [5.41, 5.74) is 2.85. The number of amides is 1. The molecule has 0 fully saturated rings. The fraction of sp³-hybridized carbons (Fsp3) is 0.278. The Morgan fingerprint density at radius 2 is 1.95 bits per heavy atom. The molecule has 0 bridgehead atoms. The average Bonchev–Trinajstić information content (AvgIpc) is 2.54. The van der Waals surface area contributed by atoms with Crippen LogP contribution in [0.5, 0.6) is 5.75 Å². The number of para-hydroxylation sites is 1. The van der Waals surface area contributed by atoms with Crippen LogP contribution >= 0.6 is 0 Å². The molecule has 0 aliphatic rings. The van der Waals surface area contributed by atoms with Gasteiger partial charge in [0, 0.05) is 12.8 Å². The van der Waals surface area contributed by atoms with Gasteiger partial charge in [0.25, 0.3) is 5.91 Å². The summed E-state index contributed by atoms with van der Waals surface area (Å²) in [7, 11) is 1.64. The van der Waals surface area contributed by atoms with Crippen molar-refractivity contribution in [2.24, 2.45) is 0 Å². The Labute approximate surface area is 131 Å². The van der Waals surface area contributed by atoms with E-state index in [0.717, 1.165) is 29.0 Å². The van der Waals surface area contributed by atoms with Crippen LogP contribution in [0.1, 0.15) is 18.1 Å². The van der Waals surface area contributed by atoms with Gasteiger partial charge in [0.2, 0.25) is 0 Å². The summed E-state index contributed by atoms with van der Waals surface area (Å²) in [6.07, 6.45) is 0.872. The van der Waals surface area contributed by atoms with E-state index >= 15 is 0 Å². The Morgan fingerprint density at radius 1 is 1.14 bits per heavy atom. The largest absolute Gasteiger partial charge is 0.483 e. The summed E-state index contributed by atoms with van der Waals surface area (Å²) < 4.78 is 10.7. The van der Waals surface area contributed by atoms with Crippen molar-refractivity contribution in [1.29, 1.82) is 0 Å². The van der Waals surface area contributed by atoms with Crippen LogP contribution in [0.3, 0.4) is 0 Å². The number of carbonyl (C=O) groups is 1. The molecule has 0 aliphatic heterocycles. The lowest BCUT2D eigenvalue weighted by atomic mass is 10.1. The monoisotopic (exact) mass is 299 g/mol. The molecule has 2 rings (SSSR count). The molecule has 1 amide bonds. The van der Waals surface area contributed by atoms with Gasteiger partial charge in [0.05, 0.1) is 6.61 Å². The minimum Gasteiger partial charge on any atom is -0.483 e. The van der Waals surface area contributed by atoms with Gasteiger partial charge in [-0.3, -0.25) is 4.79 Å². The summed E-state index contributed by atoms with van der Waals surface area (Å²) in [5.74, 6) is 0.578. The number of methoxy groups -OCH3 is 1. The van der Waals surface area contributed by atoms with Crippen LogP contribution in [0, 0.1) is 0 Å². The normalized spacial score (nSPS) is 10.3. The Hall–Kier alpha value is -2.33. The molecule has 0 radical (unpaired) electrons. The molecule has 0 spiro atoms. The summed E-state index contributed by atoms with van der Waals surface area (Å²) in [6.45, 7) is 2.57. The van der Waals surface area contributed by atoms with Crippen LogP contribution < -0.4 is 10.1 Å². The number of aryl methyl sites for hydroxylation is 1. The topological polar surface area (TPSA) is 47.6 Å². The zero-order valence-corrected chi connectivity index (χ0v) is 13.0. The quantitative estimate of drug-likeness (QED) is 0.852. The van der Waals surface area contributed by atoms with E-state index in [0.29, 0.717) is 6.61 Å². The van der Waals surface area contributed by atoms with Crippen molar-refractivity contribution in [3.8, 4) is 5.75 Å². The van der Waals surface area contributed by atoms with Gasteiger partial charge in [0.15, 0.2) is 6.61 Å². The van der Waals surface area contributed by atoms with Crippen molar-refractivity contribution in [3.05, 3.63) is 59.7 Å². The molecule has 4 nitrogen and oxygen atoms in total. The number of rotatable bonds is 7. The highest BCUT2D eigenvalue weighted by Crippen LogP contribution is 2.18. The summed E-state index contributed by atoms with van der Waals surface area (Å²) in [5, 5.41) is 2.83. The predicted octanol–water partition coefficient (Wildman–Crippen LogP) is 3.41. The van der Waals surface area contributed by atoms with Gasteiger partial charge < -0.3 is 14.8 Å². The lowest BCUT2D eigenvalue weighted by Gasteiger charge is -2.11. The van der Waals surface area contributed by atoms with E-state index in [4.69, 9.17) is 9.47 Å². The van der Waals surface area contributed by atoms with Crippen molar-refractivity contribution in [2.75, 3.05) is 19.0 Å². The summed E-state index contributed by atoms with van der Waals surface area (Å²) in [6, 6.07) is 15.3. The first-order chi connectivity index (χ1) is 10.7. The third-order valence-electron chi connectivity index (χ3n) is 3.23. The van der Waals surface area contributed by atoms with E-state index in [9.17, 15) is 4.79 Å². The maximum atomic E-state index is 12.0. The Kier molecular flexibility index (Phi) is 5.98. The highest BCUT2D eigenvalue weighted by Gasteiger charge is 2.06. The summed E-state index contributed by atoms with van der Waals surface area (Å²) >= 11 is 0. The predicted molar refractivity (Wildman–Crippen MR) is 87.1 cm³/mol. The SMILES string of the molecule is CCc1ccccc1OCC(=O)Nc1cccc(COC)c1. The van der Waals surface area contributed by atoms with E-state index < -0.39 is 0 Å². The van der Waals surface area contributed by atoms with Crippen LogP contribution in [0.25, 0.3) is 0 Å². The van der Waals surface area contributed by atoms with Crippen molar-refractivity contribution in [1.82, 2.24) is 0 Å². The standard InChI is InChI=1S/C18H21NO3/c1-3-15-8-4-5-10-17(15)22-13-18(20)19-16-9-6-7-14(11-16)12-21-2/h4-11H,3,12-13H2,1-2H3,(H,19,20). The minimum atomic E-state index is -0.180. The van der Waals surface area contributed by atoms with Gasteiger partial charge in [-0.15, -0.1) is 0 Å². The van der Waals surface area contributed by atoms with E-state index in [1.165, 1.54) is 0 Å². The Bertz CT molecular complexity index is 625. The number of nitrogens with one attached hydrogen (secondary N) is 1. The molecule has 2 aromatic carbocycles. The lowest BCUT2D eigenvalue weighted by molar-refractivity contribution is -0.118. The van der Waals surface area contributed by atoms with Crippen molar-refractivity contribution in [2.45, 2.75) is 20.0 Å². The van der Waals surface area contributed by atoms with Gasteiger partial charge in [0.1, 0.15) is 5.75 Å². The third-order valence-corrected chi connectivity index (χ3v) is 3.23. The molecule has 0 aromatic heterocycles. The van der Waals surface area contributed by atoms with Crippen LogP contribution in [0.4, 0.5) is 5.69 Å². The van der Waals surface area contributed by atoms with Crippen molar-refractivity contribution in [3.63, 3.8) is 0 Å². The van der Waals surface area contributed by atoms with Gasteiger partial charge in [-0.05, 0) is 35.7 Å². The molecule has 0 saturated carbocycles. The smallest absolute Gasteiger partial charge is 0.262 e. The molecule has 0 atom stereocenters. The average molecular weight is 299 g/mol. The second-order valence-corrected chi connectivity index (χ2v) is 4.93. The molecule has 0 unspecified atom stereocenters. The molecule has 4 heteroatoms. The highest BCUT2D eigenvalue weighted by atomic mass is 16.5. The van der Waals surface area contributed by atoms with Crippen LogP contribution in [-0.4, -0.2) is 19.6 Å². The molecular formula is C18H21NO3. The Balaban J connectivity index is 1.91. The second-order valence-electron chi connectivity index (χ2n) is 4.93. The van der Waals surface area contributed by atoms with Crippen LogP contribution in [0.15, 0.2) is 48.5 Å². The zero-order chi connectivity index (χ0) is 15.8. The zero-order valence-electron chi connectivity index (χ0n) is 13.0. The molecular weight excluding hydrogens is 278 g/mol. The van der Waals surface area contributed by atoms with E-state index in [1.807, 2.05) is 48.5 Å². The molecule has 0 heterocycles. The second kappa shape index (κ2) is 8.20. The van der Waals surface area contributed by atoms with Crippen molar-refractivity contribution >= 4 is 11.6 Å². The summed E-state index contributed by atoms with van der Waals surface area (Å²) in [4.78, 5) is 12.0. The number of hydrogen-bond donors (Lipinski definition) is 1. The first-order valence-electron chi connectivity index (χ1n) is 7.31. The van der Waals surface area contributed by atoms with Gasteiger partial charge in [-0.1, -0.05) is 37.3 Å². The minimum absolute atomic E-state index is 0.00841. The highest BCUT2D eigenvalue weighted by molar-refractivity contribution is 5.91. The molecule has 0 aliphatic carbocycles. The fourth-order valence-electron chi connectivity index (χ4n) is 2.18. The molecule has 1 N–H and O–H groups in total. The fourth-order valence-corrected chi connectivity index (χ4v) is 2.18. The van der Waals surface area contributed by atoms with Crippen LogP contribution in [-0.2, 0) is 22.6 Å². The van der Waals surface area contributed by atoms with Gasteiger partial charge in [-0.2, -0.15) is 0 Å².